The molecule has 4 heteroatoms. The smallest absolute Gasteiger partial charge is 0.220 e. The number of H-pyrrole nitrogens is 1. The minimum atomic E-state index is -0.856. The second kappa shape index (κ2) is 7.75. The van der Waals surface area contributed by atoms with E-state index in [0.29, 0.717) is 19.3 Å². The summed E-state index contributed by atoms with van der Waals surface area (Å²) in [6, 6.07) is 18.4. The molecule has 0 radical (unpaired) electrons. The van der Waals surface area contributed by atoms with Crippen LogP contribution in [0.5, 0.6) is 0 Å². The maximum atomic E-state index is 12.3. The van der Waals surface area contributed by atoms with E-state index in [4.69, 9.17) is 0 Å². The minimum absolute atomic E-state index is 0.0389. The number of benzene rings is 2. The summed E-state index contributed by atoms with van der Waals surface area (Å²) in [5.74, 6) is -0.0389. The lowest BCUT2D eigenvalue weighted by atomic mass is 10.0. The standard InChI is InChI=1S/C22H26N2O2/c1-3-22(2,26)15-23-20(25)14-13-18-17-11-7-8-12-19(17)24-21(18)16-9-5-4-6-10-16/h4-12,24,26H,3,13-15H2,1-2H3,(H,23,25). The number of nitrogens with one attached hydrogen (secondary N) is 2. The molecule has 1 unspecified atom stereocenters. The van der Waals surface area contributed by atoms with Crippen molar-refractivity contribution in [3.63, 3.8) is 0 Å². The van der Waals surface area contributed by atoms with Gasteiger partial charge in [-0.1, -0.05) is 55.5 Å². The molecule has 0 saturated heterocycles. The number of hydrogen-bond donors (Lipinski definition) is 3. The molecule has 4 nitrogen and oxygen atoms in total. The topological polar surface area (TPSA) is 65.1 Å². The fourth-order valence-electron chi connectivity index (χ4n) is 3.05. The molecule has 3 rings (SSSR count). The predicted molar refractivity (Wildman–Crippen MR) is 106 cm³/mol. The highest BCUT2D eigenvalue weighted by molar-refractivity contribution is 5.91. The highest BCUT2D eigenvalue weighted by atomic mass is 16.3. The first-order valence-corrected chi connectivity index (χ1v) is 9.14. The maximum Gasteiger partial charge on any atom is 0.220 e. The van der Waals surface area contributed by atoms with Crippen LogP contribution >= 0.6 is 0 Å². The maximum absolute atomic E-state index is 12.3. The lowest BCUT2D eigenvalue weighted by Crippen LogP contribution is -2.40. The molecule has 1 heterocycles. The molecule has 0 aliphatic heterocycles. The second-order valence-electron chi connectivity index (χ2n) is 7.02. The fraction of sp³-hybridized carbons (Fsp3) is 0.318. The van der Waals surface area contributed by atoms with Gasteiger partial charge >= 0.3 is 0 Å². The van der Waals surface area contributed by atoms with Gasteiger partial charge in [0, 0.05) is 29.6 Å². The highest BCUT2D eigenvalue weighted by Crippen LogP contribution is 2.31. The molecule has 0 bridgehead atoms. The molecule has 0 aliphatic rings. The van der Waals surface area contributed by atoms with E-state index in [9.17, 15) is 9.90 Å². The second-order valence-corrected chi connectivity index (χ2v) is 7.02. The molecule has 0 saturated carbocycles. The van der Waals surface area contributed by atoms with Crippen LogP contribution in [0.3, 0.4) is 0 Å². The minimum Gasteiger partial charge on any atom is -0.388 e. The van der Waals surface area contributed by atoms with Gasteiger partial charge in [-0.05, 0) is 37.0 Å². The number of hydrogen-bond acceptors (Lipinski definition) is 2. The van der Waals surface area contributed by atoms with Crippen molar-refractivity contribution in [1.29, 1.82) is 0 Å². The molecule has 1 amide bonds. The summed E-state index contributed by atoms with van der Waals surface area (Å²) in [5, 5.41) is 14.0. The summed E-state index contributed by atoms with van der Waals surface area (Å²) < 4.78 is 0. The van der Waals surface area contributed by atoms with E-state index in [-0.39, 0.29) is 12.5 Å². The van der Waals surface area contributed by atoms with Crippen molar-refractivity contribution in [1.82, 2.24) is 10.3 Å². The van der Waals surface area contributed by atoms with E-state index in [1.807, 2.05) is 37.3 Å². The van der Waals surface area contributed by atoms with Gasteiger partial charge in [0.2, 0.25) is 5.91 Å². The van der Waals surface area contributed by atoms with Gasteiger partial charge in [0.05, 0.1) is 5.60 Å². The van der Waals surface area contributed by atoms with Crippen LogP contribution in [-0.4, -0.2) is 28.1 Å². The third kappa shape index (κ3) is 4.14. The van der Waals surface area contributed by atoms with Crippen molar-refractivity contribution >= 4 is 16.8 Å². The van der Waals surface area contributed by atoms with Crippen molar-refractivity contribution in [2.24, 2.45) is 0 Å². The van der Waals surface area contributed by atoms with Crippen LogP contribution in [0, 0.1) is 0 Å². The third-order valence-electron chi connectivity index (χ3n) is 4.91. The molecular formula is C22H26N2O2. The number of aromatic nitrogens is 1. The summed E-state index contributed by atoms with van der Waals surface area (Å²) in [4.78, 5) is 15.8. The van der Waals surface area contributed by atoms with Gasteiger partial charge in [-0.2, -0.15) is 0 Å². The molecule has 26 heavy (non-hydrogen) atoms. The van der Waals surface area contributed by atoms with E-state index in [1.165, 1.54) is 0 Å². The van der Waals surface area contributed by atoms with Crippen molar-refractivity contribution in [2.75, 3.05) is 6.54 Å². The van der Waals surface area contributed by atoms with Crippen molar-refractivity contribution < 1.29 is 9.90 Å². The number of carbonyl (C=O) groups excluding carboxylic acids is 1. The molecule has 136 valence electrons. The first-order chi connectivity index (χ1) is 12.5. The Balaban J connectivity index is 1.80. The highest BCUT2D eigenvalue weighted by Gasteiger charge is 2.19. The van der Waals surface area contributed by atoms with Crippen LogP contribution in [0.1, 0.15) is 32.3 Å². The monoisotopic (exact) mass is 350 g/mol. The van der Waals surface area contributed by atoms with E-state index < -0.39 is 5.60 Å². The van der Waals surface area contributed by atoms with E-state index >= 15 is 0 Å². The summed E-state index contributed by atoms with van der Waals surface area (Å²) in [7, 11) is 0. The first-order valence-electron chi connectivity index (χ1n) is 9.14. The van der Waals surface area contributed by atoms with Crippen LogP contribution in [0.2, 0.25) is 0 Å². The van der Waals surface area contributed by atoms with Crippen molar-refractivity contribution in [3.05, 3.63) is 60.2 Å². The van der Waals surface area contributed by atoms with Crippen LogP contribution in [0.25, 0.3) is 22.2 Å². The number of aromatic amines is 1. The number of aryl methyl sites for hydroxylation is 1. The van der Waals surface area contributed by atoms with Gasteiger partial charge < -0.3 is 15.4 Å². The summed E-state index contributed by atoms with van der Waals surface area (Å²) >= 11 is 0. The Morgan fingerprint density at radius 2 is 1.81 bits per heavy atom. The number of rotatable bonds is 7. The molecule has 0 fully saturated rings. The average molecular weight is 350 g/mol. The van der Waals surface area contributed by atoms with Gasteiger partial charge in [-0.15, -0.1) is 0 Å². The molecule has 2 aromatic carbocycles. The zero-order chi connectivity index (χ0) is 18.6. The molecule has 3 aromatic rings. The first kappa shape index (κ1) is 18.2. The SMILES string of the molecule is CCC(C)(O)CNC(=O)CCc1c(-c2ccccc2)[nH]c2ccccc12. The zero-order valence-electron chi connectivity index (χ0n) is 15.4. The van der Waals surface area contributed by atoms with Crippen LogP contribution in [0.15, 0.2) is 54.6 Å². The summed E-state index contributed by atoms with van der Waals surface area (Å²) in [5.41, 5.74) is 3.57. The van der Waals surface area contributed by atoms with Crippen LogP contribution < -0.4 is 5.32 Å². The zero-order valence-corrected chi connectivity index (χ0v) is 15.4. The predicted octanol–water partition coefficient (Wildman–Crippen LogP) is 4.04. The van der Waals surface area contributed by atoms with Crippen LogP contribution in [0.4, 0.5) is 0 Å². The van der Waals surface area contributed by atoms with Gasteiger partial charge in [-0.3, -0.25) is 4.79 Å². The Hall–Kier alpha value is -2.59. The van der Waals surface area contributed by atoms with Gasteiger partial charge in [0.1, 0.15) is 0 Å². The Kier molecular flexibility index (Phi) is 5.43. The van der Waals surface area contributed by atoms with Gasteiger partial charge in [0.25, 0.3) is 0 Å². The van der Waals surface area contributed by atoms with Crippen molar-refractivity contribution in [3.8, 4) is 11.3 Å². The number of aliphatic hydroxyl groups is 1. The summed E-state index contributed by atoms with van der Waals surface area (Å²) in [6.07, 6.45) is 1.64. The fourth-order valence-corrected chi connectivity index (χ4v) is 3.05. The Morgan fingerprint density at radius 3 is 2.54 bits per heavy atom. The third-order valence-corrected chi connectivity index (χ3v) is 4.91. The molecular weight excluding hydrogens is 324 g/mol. The number of carbonyl (C=O) groups is 1. The number of para-hydroxylation sites is 1. The van der Waals surface area contributed by atoms with Gasteiger partial charge in [0.15, 0.2) is 0 Å². The van der Waals surface area contributed by atoms with Crippen LogP contribution in [-0.2, 0) is 11.2 Å². The molecule has 3 N–H and O–H groups in total. The molecule has 0 spiro atoms. The summed E-state index contributed by atoms with van der Waals surface area (Å²) in [6.45, 7) is 3.92. The van der Waals surface area contributed by atoms with Gasteiger partial charge in [-0.25, -0.2) is 0 Å². The lowest BCUT2D eigenvalue weighted by molar-refractivity contribution is -0.122. The van der Waals surface area contributed by atoms with E-state index in [2.05, 4.69) is 34.6 Å². The molecule has 1 aromatic heterocycles. The van der Waals surface area contributed by atoms with E-state index in [0.717, 1.165) is 27.7 Å². The quantitative estimate of drug-likeness (QED) is 0.602. The van der Waals surface area contributed by atoms with E-state index in [1.54, 1.807) is 6.92 Å². The Labute approximate surface area is 154 Å². The van der Waals surface area contributed by atoms with Crippen molar-refractivity contribution in [2.45, 2.75) is 38.7 Å². The molecule has 0 aliphatic carbocycles. The number of fused-ring (bicyclic) bond motifs is 1. The number of amides is 1. The lowest BCUT2D eigenvalue weighted by Gasteiger charge is -2.21. The Bertz CT molecular complexity index is 882. The average Bonchev–Trinajstić information content (AvgIpc) is 3.04. The normalized spacial score (nSPS) is 13.5. The molecule has 1 atom stereocenters. The largest absolute Gasteiger partial charge is 0.388 e. The Morgan fingerprint density at radius 1 is 1.12 bits per heavy atom.